The summed E-state index contributed by atoms with van der Waals surface area (Å²) in [6.45, 7) is 8.69. The zero-order valence-electron chi connectivity index (χ0n) is 14.0. The largest absolute Gasteiger partial charge is 0.367 e. The fourth-order valence-electron chi connectivity index (χ4n) is 2.76. The molecule has 0 amide bonds. The molecule has 0 aromatic carbocycles. The van der Waals surface area contributed by atoms with Crippen molar-refractivity contribution in [3.05, 3.63) is 28.7 Å². The lowest BCUT2D eigenvalue weighted by atomic mass is 9.93. The molecule has 1 saturated heterocycles. The Hall–Kier alpha value is -2.06. The molecule has 1 fully saturated rings. The highest BCUT2D eigenvalue weighted by Gasteiger charge is 2.28. The topological polar surface area (TPSA) is 79.8 Å². The Balaban J connectivity index is 1.60. The van der Waals surface area contributed by atoms with Gasteiger partial charge >= 0.3 is 0 Å². The number of rotatable bonds is 2. The van der Waals surface area contributed by atoms with Crippen LogP contribution in [0.3, 0.4) is 0 Å². The van der Waals surface area contributed by atoms with E-state index in [4.69, 9.17) is 9.72 Å². The van der Waals surface area contributed by atoms with Crippen LogP contribution >= 0.6 is 11.3 Å². The summed E-state index contributed by atoms with van der Waals surface area (Å²) in [4.78, 5) is 23.0. The van der Waals surface area contributed by atoms with E-state index in [9.17, 15) is 0 Å². The van der Waals surface area contributed by atoms with E-state index in [1.807, 2.05) is 0 Å². The number of aromatic nitrogens is 5. The molecule has 7 nitrogen and oxygen atoms in total. The minimum Gasteiger partial charge on any atom is -0.367 e. The van der Waals surface area contributed by atoms with Crippen LogP contribution in [0.5, 0.6) is 0 Å². The quantitative estimate of drug-likeness (QED) is 0.770. The molecule has 1 atom stereocenters. The summed E-state index contributed by atoms with van der Waals surface area (Å²) in [6, 6.07) is 0. The summed E-state index contributed by atoms with van der Waals surface area (Å²) in [5.74, 6) is 0.874. The van der Waals surface area contributed by atoms with E-state index in [1.54, 1.807) is 24.0 Å². The number of aromatic amines is 1. The number of thiazole rings is 1. The van der Waals surface area contributed by atoms with Gasteiger partial charge in [-0.3, -0.25) is 0 Å². The monoisotopic (exact) mass is 344 g/mol. The molecule has 8 heteroatoms. The molecule has 24 heavy (non-hydrogen) atoms. The van der Waals surface area contributed by atoms with Crippen molar-refractivity contribution in [3.63, 3.8) is 0 Å². The normalized spacial score (nSPS) is 19.1. The summed E-state index contributed by atoms with van der Waals surface area (Å²) in [7, 11) is 0. The third kappa shape index (κ3) is 2.76. The van der Waals surface area contributed by atoms with Crippen molar-refractivity contribution in [1.82, 2.24) is 24.9 Å². The Kier molecular flexibility index (Phi) is 3.73. The van der Waals surface area contributed by atoms with Crippen LogP contribution in [0.25, 0.3) is 11.2 Å². The summed E-state index contributed by atoms with van der Waals surface area (Å²) in [5.41, 5.74) is 2.72. The predicted octanol–water partition coefficient (Wildman–Crippen LogP) is 2.68. The Morgan fingerprint density at radius 2 is 2.17 bits per heavy atom. The molecule has 1 aliphatic rings. The maximum atomic E-state index is 5.97. The summed E-state index contributed by atoms with van der Waals surface area (Å²) >= 11 is 1.67. The van der Waals surface area contributed by atoms with Crippen molar-refractivity contribution in [3.8, 4) is 0 Å². The fraction of sp³-hybridized carbons (Fsp3) is 0.500. The number of morpholine rings is 1. The van der Waals surface area contributed by atoms with Crippen molar-refractivity contribution >= 4 is 28.3 Å². The van der Waals surface area contributed by atoms with Crippen molar-refractivity contribution in [2.24, 2.45) is 0 Å². The van der Waals surface area contributed by atoms with Gasteiger partial charge in [0, 0.05) is 17.3 Å². The van der Waals surface area contributed by atoms with Crippen LogP contribution in [0.1, 0.15) is 37.6 Å². The second-order valence-corrected chi connectivity index (χ2v) is 7.81. The minimum absolute atomic E-state index is 0.0345. The number of fused-ring (bicyclic) bond motifs is 1. The third-order valence-electron chi connectivity index (χ3n) is 4.13. The number of anilines is 1. The Morgan fingerprint density at radius 3 is 2.96 bits per heavy atom. The molecule has 0 spiro atoms. The van der Waals surface area contributed by atoms with Gasteiger partial charge < -0.3 is 14.6 Å². The number of hydrogen-bond acceptors (Lipinski definition) is 7. The Labute approximate surface area is 144 Å². The molecule has 0 unspecified atom stereocenters. The van der Waals surface area contributed by atoms with E-state index in [0.29, 0.717) is 12.3 Å². The summed E-state index contributed by atoms with van der Waals surface area (Å²) in [6.07, 6.45) is 3.18. The van der Waals surface area contributed by atoms with Gasteiger partial charge in [-0.1, -0.05) is 20.8 Å². The van der Waals surface area contributed by atoms with E-state index < -0.39 is 0 Å². The van der Waals surface area contributed by atoms with Crippen LogP contribution in [0.15, 0.2) is 18.0 Å². The first-order valence-electron chi connectivity index (χ1n) is 7.99. The second kappa shape index (κ2) is 5.78. The van der Waals surface area contributed by atoms with Gasteiger partial charge in [0.1, 0.15) is 23.0 Å². The molecule has 0 aliphatic carbocycles. The van der Waals surface area contributed by atoms with Gasteiger partial charge in [0.25, 0.3) is 0 Å². The van der Waals surface area contributed by atoms with E-state index in [-0.39, 0.29) is 11.5 Å². The average molecular weight is 344 g/mol. The molecule has 1 aliphatic heterocycles. The number of H-pyrrole nitrogens is 1. The molecule has 4 heterocycles. The standard InChI is InChI=1S/C16H20N6OS/c1-16(2,3)11-7-24-15(21-11)10-6-22(4-5-23-10)14-12-13(18-8-17-12)19-9-20-14/h7-10H,4-6H2,1-3H3,(H,17,18,19,20)/t10-/m1/s1. The van der Waals surface area contributed by atoms with Crippen molar-refractivity contribution in [2.45, 2.75) is 32.3 Å². The van der Waals surface area contributed by atoms with Gasteiger partial charge in [-0.25, -0.2) is 19.9 Å². The van der Waals surface area contributed by atoms with Gasteiger partial charge in [0.05, 0.1) is 25.2 Å². The number of ether oxygens (including phenoxy) is 1. The molecular weight excluding hydrogens is 324 g/mol. The SMILES string of the molecule is CC(C)(C)c1csc([C@H]2CN(c3ncnc4nc[nH]c34)CCO2)n1. The number of nitrogens with zero attached hydrogens (tertiary/aromatic N) is 5. The molecule has 3 aromatic rings. The molecule has 3 aromatic heterocycles. The van der Waals surface area contributed by atoms with Crippen LogP contribution < -0.4 is 4.90 Å². The molecular formula is C16H20N6OS. The minimum atomic E-state index is -0.0345. The van der Waals surface area contributed by atoms with E-state index in [0.717, 1.165) is 35.1 Å². The zero-order chi connectivity index (χ0) is 16.7. The van der Waals surface area contributed by atoms with E-state index in [2.05, 4.69) is 51.0 Å². The predicted molar refractivity (Wildman–Crippen MR) is 93.4 cm³/mol. The lowest BCUT2D eigenvalue weighted by Crippen LogP contribution is -2.39. The number of nitrogens with one attached hydrogen (secondary N) is 1. The van der Waals surface area contributed by atoms with Crippen LogP contribution in [0, 0.1) is 0 Å². The van der Waals surface area contributed by atoms with Crippen molar-refractivity contribution in [2.75, 3.05) is 24.6 Å². The molecule has 1 N–H and O–H groups in total. The van der Waals surface area contributed by atoms with Gasteiger partial charge in [0.2, 0.25) is 0 Å². The van der Waals surface area contributed by atoms with Crippen LogP contribution in [-0.4, -0.2) is 44.6 Å². The molecule has 0 saturated carbocycles. The highest BCUT2D eigenvalue weighted by Crippen LogP contribution is 2.32. The highest BCUT2D eigenvalue weighted by molar-refractivity contribution is 7.09. The number of imidazole rings is 1. The average Bonchev–Trinajstić information content (AvgIpc) is 3.23. The Bertz CT molecular complexity index is 851. The first-order valence-corrected chi connectivity index (χ1v) is 8.87. The van der Waals surface area contributed by atoms with Crippen molar-refractivity contribution in [1.29, 1.82) is 0 Å². The van der Waals surface area contributed by atoms with Gasteiger partial charge in [-0.15, -0.1) is 11.3 Å². The van der Waals surface area contributed by atoms with E-state index >= 15 is 0 Å². The maximum Gasteiger partial charge on any atom is 0.182 e. The summed E-state index contributed by atoms with van der Waals surface area (Å²) < 4.78 is 5.97. The fourth-order valence-corrected chi connectivity index (χ4v) is 3.85. The van der Waals surface area contributed by atoms with Crippen LogP contribution in [0.4, 0.5) is 5.82 Å². The van der Waals surface area contributed by atoms with Gasteiger partial charge in [0.15, 0.2) is 11.5 Å². The molecule has 4 rings (SSSR count). The van der Waals surface area contributed by atoms with E-state index in [1.165, 1.54) is 0 Å². The lowest BCUT2D eigenvalue weighted by molar-refractivity contribution is 0.0393. The molecule has 0 bridgehead atoms. The first-order chi connectivity index (χ1) is 11.5. The lowest BCUT2D eigenvalue weighted by Gasteiger charge is -2.32. The first kappa shape index (κ1) is 15.5. The zero-order valence-corrected chi connectivity index (χ0v) is 14.8. The van der Waals surface area contributed by atoms with Crippen LogP contribution in [0.2, 0.25) is 0 Å². The highest BCUT2D eigenvalue weighted by atomic mass is 32.1. The molecule has 126 valence electrons. The molecule has 0 radical (unpaired) electrons. The summed E-state index contributed by atoms with van der Waals surface area (Å²) in [5, 5.41) is 3.16. The smallest absolute Gasteiger partial charge is 0.182 e. The van der Waals surface area contributed by atoms with Gasteiger partial charge in [-0.05, 0) is 0 Å². The maximum absolute atomic E-state index is 5.97. The number of hydrogen-bond donors (Lipinski definition) is 1. The third-order valence-corrected chi connectivity index (χ3v) is 5.07. The van der Waals surface area contributed by atoms with Gasteiger partial charge in [-0.2, -0.15) is 0 Å². The Morgan fingerprint density at radius 1 is 1.29 bits per heavy atom. The second-order valence-electron chi connectivity index (χ2n) is 6.92. The van der Waals surface area contributed by atoms with Crippen molar-refractivity contribution < 1.29 is 4.74 Å². The van der Waals surface area contributed by atoms with Crippen LogP contribution in [-0.2, 0) is 10.2 Å².